The van der Waals surface area contributed by atoms with Gasteiger partial charge in [0.1, 0.15) is 12.7 Å². The Kier molecular flexibility index (Phi) is 2.79. The fraction of sp³-hybridized carbons (Fsp3) is 0.200. The first-order chi connectivity index (χ1) is 5.29. The highest BCUT2D eigenvalue weighted by Gasteiger charge is 2.00. The van der Waals surface area contributed by atoms with E-state index in [-0.39, 0.29) is 5.75 Å². The minimum absolute atomic E-state index is 0.0238. The van der Waals surface area contributed by atoms with E-state index >= 15 is 0 Å². The normalized spacial score (nSPS) is 9.45. The van der Waals surface area contributed by atoms with Gasteiger partial charge in [-0.15, -0.1) is 0 Å². The fourth-order valence-corrected chi connectivity index (χ4v) is 0.925. The van der Waals surface area contributed by atoms with Gasteiger partial charge in [-0.1, -0.05) is 11.8 Å². The summed E-state index contributed by atoms with van der Waals surface area (Å²) >= 11 is 1.07. The van der Waals surface area contributed by atoms with Crippen LogP contribution >= 0.6 is 11.8 Å². The van der Waals surface area contributed by atoms with Crippen LogP contribution in [0.4, 0.5) is 0 Å². The molecule has 58 valence electrons. The highest BCUT2D eigenvalue weighted by atomic mass is 32.2. The van der Waals surface area contributed by atoms with Gasteiger partial charge in [0.25, 0.3) is 0 Å². The first kappa shape index (κ1) is 7.93. The van der Waals surface area contributed by atoms with Crippen molar-refractivity contribution in [3.05, 3.63) is 12.7 Å². The average Bonchev–Trinajstić information content (AvgIpc) is 2.03. The molecular weight excluding hydrogens is 166 g/mol. The van der Waals surface area contributed by atoms with Crippen LogP contribution < -0.4 is 0 Å². The summed E-state index contributed by atoms with van der Waals surface area (Å²) in [6.07, 6.45) is 2.66. The van der Waals surface area contributed by atoms with E-state index < -0.39 is 5.97 Å². The van der Waals surface area contributed by atoms with Crippen molar-refractivity contribution < 1.29 is 9.90 Å². The number of carbonyl (C=O) groups is 1. The second-order valence-electron chi connectivity index (χ2n) is 1.60. The zero-order valence-corrected chi connectivity index (χ0v) is 6.28. The number of hydrogen-bond donors (Lipinski definition) is 1. The number of hydrogen-bond acceptors (Lipinski definition) is 5. The van der Waals surface area contributed by atoms with E-state index in [0.29, 0.717) is 5.16 Å². The predicted molar refractivity (Wildman–Crippen MR) is 38.2 cm³/mol. The van der Waals surface area contributed by atoms with Gasteiger partial charge in [0, 0.05) is 0 Å². The maximum Gasteiger partial charge on any atom is 0.313 e. The summed E-state index contributed by atoms with van der Waals surface area (Å²) < 4.78 is 0. The lowest BCUT2D eigenvalue weighted by molar-refractivity contribution is -0.133. The summed E-state index contributed by atoms with van der Waals surface area (Å²) in [6, 6.07) is 0. The smallest absolute Gasteiger partial charge is 0.313 e. The molecule has 0 aliphatic carbocycles. The van der Waals surface area contributed by atoms with Crippen LogP contribution in [0.25, 0.3) is 0 Å². The highest BCUT2D eigenvalue weighted by molar-refractivity contribution is 7.99. The summed E-state index contributed by atoms with van der Waals surface area (Å²) in [5, 5.41) is 8.72. The molecule has 0 saturated carbocycles. The molecule has 1 aromatic heterocycles. The van der Waals surface area contributed by atoms with Crippen LogP contribution in [0.5, 0.6) is 0 Å². The van der Waals surface area contributed by atoms with Crippen molar-refractivity contribution in [2.75, 3.05) is 5.75 Å². The molecule has 0 bridgehead atoms. The van der Waals surface area contributed by atoms with E-state index in [1.54, 1.807) is 0 Å². The predicted octanol–water partition coefficient (Wildman–Crippen LogP) is 0.0483. The number of carboxylic acid groups (broad SMARTS) is 1. The largest absolute Gasteiger partial charge is 0.481 e. The van der Waals surface area contributed by atoms with Crippen LogP contribution in [-0.2, 0) is 4.79 Å². The van der Waals surface area contributed by atoms with Gasteiger partial charge < -0.3 is 5.11 Å². The van der Waals surface area contributed by atoms with E-state index in [9.17, 15) is 4.79 Å². The van der Waals surface area contributed by atoms with Crippen LogP contribution in [0.1, 0.15) is 0 Å². The summed E-state index contributed by atoms with van der Waals surface area (Å²) in [6.45, 7) is 0. The third kappa shape index (κ3) is 2.94. The Bertz CT molecular complexity index is 241. The molecule has 0 unspecified atom stereocenters. The molecule has 0 aromatic carbocycles. The Labute approximate surface area is 66.9 Å². The topological polar surface area (TPSA) is 76.0 Å². The molecule has 6 heteroatoms. The Hall–Kier alpha value is -1.17. The molecule has 0 fully saturated rings. The van der Waals surface area contributed by atoms with E-state index in [4.69, 9.17) is 5.11 Å². The van der Waals surface area contributed by atoms with E-state index in [0.717, 1.165) is 11.8 Å². The number of rotatable bonds is 3. The zero-order chi connectivity index (χ0) is 8.10. The molecule has 0 saturated heterocycles. The lowest BCUT2D eigenvalue weighted by Crippen LogP contribution is -1.99. The SMILES string of the molecule is O=C(O)CSc1ncncn1. The van der Waals surface area contributed by atoms with Crippen LogP contribution in [0.15, 0.2) is 17.8 Å². The maximum atomic E-state index is 10.1. The molecule has 1 aromatic rings. The van der Waals surface area contributed by atoms with Crippen LogP contribution in [0, 0.1) is 0 Å². The molecule has 0 aliphatic heterocycles. The van der Waals surface area contributed by atoms with Crippen molar-refractivity contribution in [3.63, 3.8) is 0 Å². The van der Waals surface area contributed by atoms with Gasteiger partial charge in [-0.2, -0.15) is 0 Å². The summed E-state index contributed by atoms with van der Waals surface area (Å²) in [4.78, 5) is 21.1. The zero-order valence-electron chi connectivity index (χ0n) is 5.47. The van der Waals surface area contributed by atoms with E-state index in [2.05, 4.69) is 15.0 Å². The Morgan fingerprint density at radius 2 is 2.18 bits per heavy atom. The number of thioether (sulfide) groups is 1. The first-order valence-electron chi connectivity index (χ1n) is 2.75. The summed E-state index contributed by atoms with van der Waals surface area (Å²) in [7, 11) is 0. The van der Waals surface area contributed by atoms with Crippen molar-refractivity contribution in [2.24, 2.45) is 0 Å². The highest BCUT2D eigenvalue weighted by Crippen LogP contribution is 2.08. The van der Waals surface area contributed by atoms with Gasteiger partial charge >= 0.3 is 5.97 Å². The lowest BCUT2D eigenvalue weighted by atomic mass is 10.8. The third-order valence-electron chi connectivity index (χ3n) is 0.794. The second-order valence-corrected chi connectivity index (χ2v) is 2.55. The number of carboxylic acids is 1. The molecule has 0 atom stereocenters. The Morgan fingerprint density at radius 1 is 1.55 bits per heavy atom. The second kappa shape index (κ2) is 3.87. The van der Waals surface area contributed by atoms with E-state index in [1.807, 2.05) is 0 Å². The molecule has 1 N–H and O–H groups in total. The molecule has 0 spiro atoms. The minimum Gasteiger partial charge on any atom is -0.481 e. The monoisotopic (exact) mass is 171 g/mol. The van der Waals surface area contributed by atoms with Crippen molar-refractivity contribution in [1.82, 2.24) is 15.0 Å². The lowest BCUT2D eigenvalue weighted by Gasteiger charge is -1.92. The summed E-state index contributed by atoms with van der Waals surface area (Å²) in [5.74, 6) is -0.903. The molecule has 0 aliphatic rings. The fourth-order valence-electron chi connectivity index (χ4n) is 0.429. The van der Waals surface area contributed by atoms with Crippen molar-refractivity contribution in [2.45, 2.75) is 5.16 Å². The van der Waals surface area contributed by atoms with Crippen LogP contribution in [0.2, 0.25) is 0 Å². The van der Waals surface area contributed by atoms with Crippen LogP contribution in [-0.4, -0.2) is 31.8 Å². The average molecular weight is 171 g/mol. The van der Waals surface area contributed by atoms with Crippen LogP contribution in [0.3, 0.4) is 0 Å². The molecule has 0 radical (unpaired) electrons. The Morgan fingerprint density at radius 3 is 2.73 bits per heavy atom. The Balaban J connectivity index is 2.45. The molecule has 1 rings (SSSR count). The maximum absolute atomic E-state index is 10.1. The molecule has 0 amide bonds. The molecular formula is C5H5N3O2S. The molecule has 1 heterocycles. The van der Waals surface area contributed by atoms with Gasteiger partial charge in [0.15, 0.2) is 5.16 Å². The quantitative estimate of drug-likeness (QED) is 0.647. The molecule has 5 nitrogen and oxygen atoms in total. The van der Waals surface area contributed by atoms with Crippen molar-refractivity contribution in [3.8, 4) is 0 Å². The minimum atomic E-state index is -0.879. The molecule has 11 heavy (non-hydrogen) atoms. The first-order valence-corrected chi connectivity index (χ1v) is 3.74. The van der Waals surface area contributed by atoms with Gasteiger partial charge in [-0.25, -0.2) is 15.0 Å². The van der Waals surface area contributed by atoms with Crippen molar-refractivity contribution in [1.29, 1.82) is 0 Å². The summed E-state index contributed by atoms with van der Waals surface area (Å²) in [5.41, 5.74) is 0. The van der Waals surface area contributed by atoms with Gasteiger partial charge in [-0.05, 0) is 0 Å². The van der Waals surface area contributed by atoms with E-state index in [1.165, 1.54) is 12.7 Å². The van der Waals surface area contributed by atoms with Gasteiger partial charge in [-0.3, -0.25) is 4.79 Å². The van der Waals surface area contributed by atoms with Crippen molar-refractivity contribution >= 4 is 17.7 Å². The van der Waals surface area contributed by atoms with Gasteiger partial charge in [0.05, 0.1) is 5.75 Å². The standard InChI is InChI=1S/C5H5N3O2S/c9-4(10)1-11-5-7-2-6-3-8-5/h2-3H,1H2,(H,9,10). The number of aromatic nitrogens is 3. The van der Waals surface area contributed by atoms with Gasteiger partial charge in [0.2, 0.25) is 0 Å². The number of nitrogens with zero attached hydrogens (tertiary/aromatic N) is 3. The third-order valence-corrected chi connectivity index (χ3v) is 1.65. The number of aliphatic carboxylic acids is 1.